The van der Waals surface area contributed by atoms with Crippen molar-refractivity contribution in [1.29, 1.82) is 0 Å². The molecule has 0 saturated heterocycles. The highest BCUT2D eigenvalue weighted by atomic mass is 16.5. The molecule has 1 aliphatic heterocycles. The van der Waals surface area contributed by atoms with Gasteiger partial charge in [-0.25, -0.2) is 4.98 Å². The molecular formula is C24H23N5O. The summed E-state index contributed by atoms with van der Waals surface area (Å²) in [6.45, 7) is 3.31. The second-order valence-electron chi connectivity index (χ2n) is 7.39. The van der Waals surface area contributed by atoms with E-state index < -0.39 is 0 Å². The van der Waals surface area contributed by atoms with Gasteiger partial charge >= 0.3 is 0 Å². The van der Waals surface area contributed by atoms with Crippen LogP contribution < -0.4 is 0 Å². The van der Waals surface area contributed by atoms with Crippen molar-refractivity contribution in [3.63, 3.8) is 0 Å². The van der Waals surface area contributed by atoms with Gasteiger partial charge in [-0.15, -0.1) is 0 Å². The topological polar surface area (TPSA) is 68.1 Å². The van der Waals surface area contributed by atoms with Crippen LogP contribution in [0.25, 0.3) is 22.2 Å². The summed E-state index contributed by atoms with van der Waals surface area (Å²) in [7, 11) is 1.91. The average Bonchev–Trinajstić information content (AvgIpc) is 3.51. The highest BCUT2D eigenvalue weighted by Gasteiger charge is 2.22. The third-order valence-corrected chi connectivity index (χ3v) is 5.37. The van der Waals surface area contributed by atoms with Crippen LogP contribution in [-0.2, 0) is 11.8 Å². The predicted octanol–water partition coefficient (Wildman–Crippen LogP) is 4.47. The van der Waals surface area contributed by atoms with Crippen LogP contribution in [0.2, 0.25) is 0 Å². The molecule has 0 spiro atoms. The number of allylic oxidation sites excluding steroid dienone is 1. The number of aromatic amines is 1. The lowest BCUT2D eigenvalue weighted by atomic mass is 10.00. The fourth-order valence-corrected chi connectivity index (χ4v) is 3.92. The zero-order valence-corrected chi connectivity index (χ0v) is 17.0. The summed E-state index contributed by atoms with van der Waals surface area (Å²) in [5.41, 5.74) is 7.28. The highest BCUT2D eigenvalue weighted by molar-refractivity contribution is 6.17. The maximum atomic E-state index is 6.07. The third kappa shape index (κ3) is 3.35. The Hall–Kier alpha value is -3.51. The second kappa shape index (κ2) is 7.72. The van der Waals surface area contributed by atoms with Crippen molar-refractivity contribution in [3.8, 4) is 11.1 Å². The molecule has 0 bridgehead atoms. The number of ether oxygens (including phenoxy) is 1. The largest absolute Gasteiger partial charge is 0.369 e. The van der Waals surface area contributed by atoms with Crippen molar-refractivity contribution < 1.29 is 4.74 Å². The molecule has 0 saturated carbocycles. The summed E-state index contributed by atoms with van der Waals surface area (Å²) in [5.74, 6) is 0. The van der Waals surface area contributed by atoms with Crippen LogP contribution in [0.1, 0.15) is 24.2 Å². The minimum atomic E-state index is -0.0771. The van der Waals surface area contributed by atoms with E-state index in [1.165, 1.54) is 5.57 Å². The summed E-state index contributed by atoms with van der Waals surface area (Å²) >= 11 is 0. The van der Waals surface area contributed by atoms with Crippen molar-refractivity contribution in [2.24, 2.45) is 12.0 Å². The number of aromatic nitrogens is 4. The van der Waals surface area contributed by atoms with E-state index in [4.69, 9.17) is 9.73 Å². The monoisotopic (exact) mass is 397 g/mol. The molecule has 4 heterocycles. The first-order chi connectivity index (χ1) is 14.7. The number of nitrogens with one attached hydrogen (secondary N) is 1. The van der Waals surface area contributed by atoms with E-state index in [2.05, 4.69) is 39.3 Å². The Kier molecular flexibility index (Phi) is 4.77. The van der Waals surface area contributed by atoms with Crippen LogP contribution in [0.15, 0.2) is 77.8 Å². The Labute approximate surface area is 174 Å². The molecule has 0 radical (unpaired) electrons. The summed E-state index contributed by atoms with van der Waals surface area (Å²) in [4.78, 5) is 12.7. The van der Waals surface area contributed by atoms with Gasteiger partial charge in [-0.05, 0) is 30.2 Å². The normalized spacial score (nSPS) is 14.7. The van der Waals surface area contributed by atoms with Gasteiger partial charge in [-0.3, -0.25) is 9.67 Å². The SMILES string of the molecule is CCOC(C1=CC(c2c[nH]c3ncc(-c4cnn(C)c4)cc23)=NC1)c1ccccc1. The molecule has 150 valence electrons. The van der Waals surface area contributed by atoms with Crippen molar-refractivity contribution >= 4 is 16.7 Å². The van der Waals surface area contributed by atoms with E-state index in [0.29, 0.717) is 13.2 Å². The van der Waals surface area contributed by atoms with Gasteiger partial charge in [0.2, 0.25) is 0 Å². The van der Waals surface area contributed by atoms with Crippen LogP contribution in [0, 0.1) is 0 Å². The number of pyridine rings is 1. The lowest BCUT2D eigenvalue weighted by Crippen LogP contribution is -2.08. The average molecular weight is 397 g/mol. The lowest BCUT2D eigenvalue weighted by molar-refractivity contribution is 0.0880. The summed E-state index contributed by atoms with van der Waals surface area (Å²) in [5, 5.41) is 5.33. The number of hydrogen-bond donors (Lipinski definition) is 1. The molecule has 1 atom stereocenters. The van der Waals surface area contributed by atoms with Gasteiger partial charge in [0.05, 0.1) is 18.5 Å². The fourth-order valence-electron chi connectivity index (χ4n) is 3.92. The van der Waals surface area contributed by atoms with Gasteiger partial charge in [0.1, 0.15) is 11.8 Å². The first-order valence-corrected chi connectivity index (χ1v) is 10.1. The van der Waals surface area contributed by atoms with Gasteiger partial charge in [0.15, 0.2) is 0 Å². The number of benzene rings is 1. The number of hydrogen-bond acceptors (Lipinski definition) is 4. The molecule has 30 heavy (non-hydrogen) atoms. The molecule has 6 nitrogen and oxygen atoms in total. The Morgan fingerprint density at radius 2 is 2.03 bits per heavy atom. The zero-order valence-electron chi connectivity index (χ0n) is 17.0. The number of nitrogens with zero attached hydrogens (tertiary/aromatic N) is 4. The second-order valence-corrected chi connectivity index (χ2v) is 7.39. The molecule has 0 fully saturated rings. The zero-order chi connectivity index (χ0) is 20.5. The van der Waals surface area contributed by atoms with Crippen LogP contribution in [0.4, 0.5) is 0 Å². The van der Waals surface area contributed by atoms with Crippen LogP contribution in [-0.4, -0.2) is 38.6 Å². The van der Waals surface area contributed by atoms with Gasteiger partial charge in [0.25, 0.3) is 0 Å². The van der Waals surface area contributed by atoms with Crippen molar-refractivity contribution in [1.82, 2.24) is 19.7 Å². The van der Waals surface area contributed by atoms with E-state index in [0.717, 1.165) is 39.0 Å². The van der Waals surface area contributed by atoms with E-state index >= 15 is 0 Å². The maximum Gasteiger partial charge on any atom is 0.137 e. The minimum Gasteiger partial charge on any atom is -0.369 e. The first-order valence-electron chi connectivity index (χ1n) is 10.1. The van der Waals surface area contributed by atoms with E-state index in [9.17, 15) is 0 Å². The van der Waals surface area contributed by atoms with Gasteiger partial charge in [-0.2, -0.15) is 5.10 Å². The van der Waals surface area contributed by atoms with E-state index in [1.54, 1.807) is 4.68 Å². The number of aryl methyl sites for hydroxylation is 1. The van der Waals surface area contributed by atoms with E-state index in [-0.39, 0.29) is 6.10 Å². The molecule has 3 aromatic heterocycles. The first kappa shape index (κ1) is 18.5. The smallest absolute Gasteiger partial charge is 0.137 e. The Balaban J connectivity index is 1.50. The molecule has 1 N–H and O–H groups in total. The van der Waals surface area contributed by atoms with Crippen molar-refractivity contribution in [3.05, 3.63) is 84.0 Å². The lowest BCUT2D eigenvalue weighted by Gasteiger charge is -2.18. The van der Waals surface area contributed by atoms with Crippen LogP contribution in [0.3, 0.4) is 0 Å². The van der Waals surface area contributed by atoms with Gasteiger partial charge in [-0.1, -0.05) is 30.3 Å². The maximum absolute atomic E-state index is 6.07. The predicted molar refractivity (Wildman–Crippen MR) is 119 cm³/mol. The molecule has 4 aromatic rings. The Bertz CT molecular complexity index is 1250. The molecule has 0 aliphatic carbocycles. The standard InChI is InChI=1S/C24H23N5O/c1-3-30-23(16-7-5-4-6-8-16)18-10-22(25-12-18)21-14-27-24-20(21)9-17(11-26-24)19-13-28-29(2)15-19/h4-11,13-15,23H,3,12H2,1-2H3,(H,26,27). The van der Waals surface area contributed by atoms with Crippen LogP contribution in [0.5, 0.6) is 0 Å². The van der Waals surface area contributed by atoms with Gasteiger partial charge in [0, 0.05) is 54.3 Å². The Morgan fingerprint density at radius 1 is 1.17 bits per heavy atom. The third-order valence-electron chi connectivity index (χ3n) is 5.37. The molecule has 5 rings (SSSR count). The highest BCUT2D eigenvalue weighted by Crippen LogP contribution is 2.31. The molecule has 1 aliphatic rings. The molecule has 6 heteroatoms. The van der Waals surface area contributed by atoms with E-state index in [1.807, 2.05) is 57.0 Å². The molecular weight excluding hydrogens is 374 g/mol. The summed E-state index contributed by atoms with van der Waals surface area (Å²) in [6.07, 6.45) is 9.79. The van der Waals surface area contributed by atoms with Crippen LogP contribution >= 0.6 is 0 Å². The van der Waals surface area contributed by atoms with Crippen molar-refractivity contribution in [2.75, 3.05) is 13.2 Å². The fraction of sp³-hybridized carbons (Fsp3) is 0.208. The number of aliphatic imine (C=N–C) groups is 1. The van der Waals surface area contributed by atoms with Gasteiger partial charge < -0.3 is 9.72 Å². The molecule has 1 aromatic carbocycles. The molecule has 0 amide bonds. The Morgan fingerprint density at radius 3 is 2.80 bits per heavy atom. The summed E-state index contributed by atoms with van der Waals surface area (Å²) in [6, 6.07) is 12.5. The van der Waals surface area contributed by atoms with Crippen molar-refractivity contribution in [2.45, 2.75) is 13.0 Å². The minimum absolute atomic E-state index is 0.0771. The summed E-state index contributed by atoms with van der Waals surface area (Å²) < 4.78 is 7.87. The quantitative estimate of drug-likeness (QED) is 0.522. The molecule has 1 unspecified atom stereocenters. The number of rotatable bonds is 6. The number of fused-ring (bicyclic) bond motifs is 1. The number of H-pyrrole nitrogens is 1.